The standard InChI is InChI=1S/C8H9N3O/c1-6-9-8-4-2-3-7(5-12)11(8)10-6/h2-4,12H,5H2,1H3. The molecule has 4 nitrogen and oxygen atoms in total. The van der Waals surface area contributed by atoms with E-state index in [-0.39, 0.29) is 6.61 Å². The minimum absolute atomic E-state index is 0.0138. The number of aliphatic hydroxyl groups excluding tert-OH is 1. The van der Waals surface area contributed by atoms with E-state index in [0.717, 1.165) is 17.2 Å². The number of aliphatic hydroxyl groups is 1. The maximum Gasteiger partial charge on any atom is 0.156 e. The van der Waals surface area contributed by atoms with Crippen molar-refractivity contribution in [3.05, 3.63) is 29.7 Å². The van der Waals surface area contributed by atoms with Crippen molar-refractivity contribution in [2.75, 3.05) is 0 Å². The zero-order chi connectivity index (χ0) is 8.55. The highest BCUT2D eigenvalue weighted by atomic mass is 16.3. The van der Waals surface area contributed by atoms with Gasteiger partial charge in [0.25, 0.3) is 0 Å². The Labute approximate surface area is 69.5 Å². The summed E-state index contributed by atoms with van der Waals surface area (Å²) in [7, 11) is 0. The normalized spacial score (nSPS) is 10.8. The van der Waals surface area contributed by atoms with Crippen molar-refractivity contribution in [2.45, 2.75) is 13.5 Å². The van der Waals surface area contributed by atoms with Gasteiger partial charge in [0, 0.05) is 0 Å². The quantitative estimate of drug-likeness (QED) is 0.667. The van der Waals surface area contributed by atoms with Gasteiger partial charge in [0.1, 0.15) is 5.82 Å². The van der Waals surface area contributed by atoms with Crippen LogP contribution in [0.15, 0.2) is 18.2 Å². The van der Waals surface area contributed by atoms with Gasteiger partial charge in [-0.1, -0.05) is 6.07 Å². The highest BCUT2D eigenvalue weighted by molar-refractivity contribution is 5.38. The van der Waals surface area contributed by atoms with Crippen LogP contribution >= 0.6 is 0 Å². The van der Waals surface area contributed by atoms with E-state index in [9.17, 15) is 0 Å². The van der Waals surface area contributed by atoms with Crippen molar-refractivity contribution >= 4 is 5.65 Å². The summed E-state index contributed by atoms with van der Waals surface area (Å²) >= 11 is 0. The van der Waals surface area contributed by atoms with Crippen LogP contribution in [0.3, 0.4) is 0 Å². The summed E-state index contributed by atoms with van der Waals surface area (Å²) in [5.41, 5.74) is 1.53. The molecule has 0 aliphatic heterocycles. The molecule has 0 aliphatic carbocycles. The summed E-state index contributed by atoms with van der Waals surface area (Å²) in [5.74, 6) is 0.718. The molecule has 0 atom stereocenters. The molecule has 0 amide bonds. The molecule has 2 aromatic heterocycles. The molecule has 2 heterocycles. The van der Waals surface area contributed by atoms with Crippen molar-refractivity contribution in [1.29, 1.82) is 0 Å². The predicted molar refractivity (Wildman–Crippen MR) is 43.6 cm³/mol. The Morgan fingerprint density at radius 1 is 1.50 bits per heavy atom. The van der Waals surface area contributed by atoms with E-state index in [2.05, 4.69) is 10.1 Å². The van der Waals surface area contributed by atoms with E-state index >= 15 is 0 Å². The minimum Gasteiger partial charge on any atom is -0.390 e. The zero-order valence-corrected chi connectivity index (χ0v) is 6.73. The fourth-order valence-electron chi connectivity index (χ4n) is 1.19. The van der Waals surface area contributed by atoms with Gasteiger partial charge in [-0.3, -0.25) is 0 Å². The lowest BCUT2D eigenvalue weighted by atomic mass is 10.4. The first kappa shape index (κ1) is 7.24. The van der Waals surface area contributed by atoms with E-state index in [1.54, 1.807) is 4.52 Å². The predicted octanol–water partition coefficient (Wildman–Crippen LogP) is 0.530. The fourth-order valence-corrected chi connectivity index (χ4v) is 1.19. The lowest BCUT2D eigenvalue weighted by molar-refractivity contribution is 0.273. The Hall–Kier alpha value is -1.42. The summed E-state index contributed by atoms with van der Waals surface area (Å²) in [6.07, 6.45) is 0. The molecule has 0 spiro atoms. The first-order valence-corrected chi connectivity index (χ1v) is 3.73. The lowest BCUT2D eigenvalue weighted by Gasteiger charge is -1.97. The molecule has 0 aliphatic rings. The third-order valence-electron chi connectivity index (χ3n) is 1.71. The van der Waals surface area contributed by atoms with Crippen LogP contribution in [0.5, 0.6) is 0 Å². The van der Waals surface area contributed by atoms with Gasteiger partial charge in [-0.15, -0.1) is 0 Å². The van der Waals surface area contributed by atoms with Crippen molar-refractivity contribution in [2.24, 2.45) is 0 Å². The summed E-state index contributed by atoms with van der Waals surface area (Å²) in [5, 5.41) is 13.1. The monoisotopic (exact) mass is 163 g/mol. The van der Waals surface area contributed by atoms with Crippen molar-refractivity contribution < 1.29 is 5.11 Å². The van der Waals surface area contributed by atoms with Crippen LogP contribution in [-0.4, -0.2) is 19.7 Å². The number of fused-ring (bicyclic) bond motifs is 1. The number of hydrogen-bond acceptors (Lipinski definition) is 3. The second kappa shape index (κ2) is 2.57. The molecule has 0 bridgehead atoms. The molecule has 0 saturated heterocycles. The van der Waals surface area contributed by atoms with Crippen LogP contribution in [0.4, 0.5) is 0 Å². The van der Waals surface area contributed by atoms with Crippen LogP contribution in [0.1, 0.15) is 11.5 Å². The molecule has 2 aromatic rings. The largest absolute Gasteiger partial charge is 0.390 e. The van der Waals surface area contributed by atoms with Gasteiger partial charge < -0.3 is 5.11 Å². The van der Waals surface area contributed by atoms with Crippen molar-refractivity contribution in [3.8, 4) is 0 Å². The summed E-state index contributed by atoms with van der Waals surface area (Å²) in [4.78, 5) is 4.16. The Bertz CT molecular complexity index is 408. The number of hydrogen-bond donors (Lipinski definition) is 1. The van der Waals surface area contributed by atoms with Crippen molar-refractivity contribution in [1.82, 2.24) is 14.6 Å². The van der Waals surface area contributed by atoms with E-state index in [0.29, 0.717) is 0 Å². The van der Waals surface area contributed by atoms with Gasteiger partial charge in [0.05, 0.1) is 12.3 Å². The van der Waals surface area contributed by atoms with Gasteiger partial charge in [-0.25, -0.2) is 9.50 Å². The van der Waals surface area contributed by atoms with Crippen LogP contribution in [0.25, 0.3) is 5.65 Å². The van der Waals surface area contributed by atoms with E-state index in [1.165, 1.54) is 0 Å². The molecule has 4 heteroatoms. The van der Waals surface area contributed by atoms with Gasteiger partial charge in [0.2, 0.25) is 0 Å². The highest BCUT2D eigenvalue weighted by Crippen LogP contribution is 2.04. The maximum absolute atomic E-state index is 8.96. The second-order valence-electron chi connectivity index (χ2n) is 2.60. The summed E-state index contributed by atoms with van der Waals surface area (Å²) in [6, 6.07) is 5.54. The summed E-state index contributed by atoms with van der Waals surface area (Å²) in [6.45, 7) is 1.81. The van der Waals surface area contributed by atoms with Gasteiger partial charge >= 0.3 is 0 Å². The lowest BCUT2D eigenvalue weighted by Crippen LogP contribution is -1.97. The molecule has 62 valence electrons. The first-order chi connectivity index (χ1) is 5.81. The fraction of sp³-hybridized carbons (Fsp3) is 0.250. The molecule has 1 N–H and O–H groups in total. The van der Waals surface area contributed by atoms with Crippen LogP contribution < -0.4 is 0 Å². The molecule has 0 saturated carbocycles. The van der Waals surface area contributed by atoms with Crippen molar-refractivity contribution in [3.63, 3.8) is 0 Å². The Morgan fingerprint density at radius 2 is 2.33 bits per heavy atom. The molecular formula is C8H9N3O. The van der Waals surface area contributed by atoms with Gasteiger partial charge in [0.15, 0.2) is 5.65 Å². The molecule has 0 radical (unpaired) electrons. The van der Waals surface area contributed by atoms with Crippen LogP contribution in [-0.2, 0) is 6.61 Å². The topological polar surface area (TPSA) is 50.4 Å². The molecular weight excluding hydrogens is 154 g/mol. The second-order valence-corrected chi connectivity index (χ2v) is 2.60. The Kier molecular flexibility index (Phi) is 1.55. The SMILES string of the molecule is Cc1nc2cccc(CO)n2n1. The smallest absolute Gasteiger partial charge is 0.156 e. The molecule has 0 fully saturated rings. The van der Waals surface area contributed by atoms with Gasteiger partial charge in [-0.2, -0.15) is 5.10 Å². The Balaban J connectivity index is 2.78. The molecule has 12 heavy (non-hydrogen) atoms. The molecule has 0 aromatic carbocycles. The van der Waals surface area contributed by atoms with Crippen LogP contribution in [0, 0.1) is 6.92 Å². The van der Waals surface area contributed by atoms with Crippen LogP contribution in [0.2, 0.25) is 0 Å². The van der Waals surface area contributed by atoms with E-state index in [1.807, 2.05) is 25.1 Å². The average molecular weight is 163 g/mol. The number of rotatable bonds is 1. The third kappa shape index (κ3) is 0.967. The third-order valence-corrected chi connectivity index (χ3v) is 1.71. The highest BCUT2D eigenvalue weighted by Gasteiger charge is 2.01. The van der Waals surface area contributed by atoms with E-state index in [4.69, 9.17) is 5.11 Å². The van der Waals surface area contributed by atoms with Gasteiger partial charge in [-0.05, 0) is 19.1 Å². The number of aromatic nitrogens is 3. The average Bonchev–Trinajstić information content (AvgIpc) is 2.44. The Morgan fingerprint density at radius 3 is 3.08 bits per heavy atom. The summed E-state index contributed by atoms with van der Waals surface area (Å²) < 4.78 is 1.65. The van der Waals surface area contributed by atoms with E-state index < -0.39 is 0 Å². The number of nitrogens with zero attached hydrogens (tertiary/aromatic N) is 3. The number of pyridine rings is 1. The maximum atomic E-state index is 8.96. The minimum atomic E-state index is -0.0138. The number of aryl methyl sites for hydroxylation is 1. The zero-order valence-electron chi connectivity index (χ0n) is 6.73. The molecule has 2 rings (SSSR count). The molecule has 0 unspecified atom stereocenters. The first-order valence-electron chi connectivity index (χ1n) is 3.73.